The van der Waals surface area contributed by atoms with E-state index >= 15 is 0 Å². The Kier molecular flexibility index (Phi) is 4.02. The molecule has 1 N–H and O–H groups in total. The van der Waals surface area contributed by atoms with Crippen molar-refractivity contribution in [1.82, 2.24) is 0 Å². The summed E-state index contributed by atoms with van der Waals surface area (Å²) in [6, 6.07) is 4.85. The zero-order chi connectivity index (χ0) is 15.6. The molecule has 0 aliphatic carbocycles. The van der Waals surface area contributed by atoms with Crippen LogP contribution in [0.3, 0.4) is 0 Å². The monoisotopic (exact) mass is 296 g/mol. The van der Waals surface area contributed by atoms with E-state index < -0.39 is 24.1 Å². The lowest BCUT2D eigenvalue weighted by molar-refractivity contribution is 0.0600. The molecule has 1 aromatic heterocycles. The highest BCUT2D eigenvalue weighted by Gasteiger charge is 2.21. The van der Waals surface area contributed by atoms with E-state index in [1.54, 1.807) is 0 Å². The third kappa shape index (κ3) is 2.91. The molecule has 0 saturated heterocycles. The minimum absolute atomic E-state index is 0.0262. The molecule has 0 fully saturated rings. The molecule has 0 unspecified atom stereocenters. The number of furan rings is 1. The standard InChI is InChI=1S/C14H10F2O5/c1-20-14(19)9-5-7(4-8(6-9)13(17)18)10-2-3-21-11(10)12(15)16/h2-6,12H,1H3,(H,17,18). The lowest BCUT2D eigenvalue weighted by atomic mass is 10.00. The molecule has 5 nitrogen and oxygen atoms in total. The summed E-state index contributed by atoms with van der Waals surface area (Å²) in [5.41, 5.74) is -0.0965. The maximum absolute atomic E-state index is 12.8. The average molecular weight is 296 g/mol. The number of ether oxygens (including phenoxy) is 1. The Balaban J connectivity index is 2.62. The van der Waals surface area contributed by atoms with Gasteiger partial charge in [-0.3, -0.25) is 0 Å². The highest BCUT2D eigenvalue weighted by Crippen LogP contribution is 2.33. The average Bonchev–Trinajstić information content (AvgIpc) is 2.95. The quantitative estimate of drug-likeness (QED) is 0.875. The molecule has 2 rings (SSSR count). The maximum atomic E-state index is 12.8. The Hall–Kier alpha value is -2.70. The van der Waals surface area contributed by atoms with Gasteiger partial charge in [0.15, 0.2) is 5.76 Å². The summed E-state index contributed by atoms with van der Waals surface area (Å²) in [5, 5.41) is 9.04. The van der Waals surface area contributed by atoms with Gasteiger partial charge >= 0.3 is 11.9 Å². The van der Waals surface area contributed by atoms with Crippen LogP contribution in [0.4, 0.5) is 8.78 Å². The van der Waals surface area contributed by atoms with E-state index in [9.17, 15) is 18.4 Å². The van der Waals surface area contributed by atoms with Crippen LogP contribution in [-0.4, -0.2) is 24.2 Å². The maximum Gasteiger partial charge on any atom is 0.337 e. The fourth-order valence-corrected chi connectivity index (χ4v) is 1.87. The number of carbonyl (C=O) groups excluding carboxylic acids is 1. The highest BCUT2D eigenvalue weighted by molar-refractivity contribution is 5.97. The fraction of sp³-hybridized carbons (Fsp3) is 0.143. The van der Waals surface area contributed by atoms with Gasteiger partial charge in [0.05, 0.1) is 24.5 Å². The molecule has 110 valence electrons. The molecule has 0 aliphatic heterocycles. The molecule has 0 spiro atoms. The predicted molar refractivity (Wildman–Crippen MR) is 67.4 cm³/mol. The Morgan fingerprint density at radius 2 is 1.90 bits per heavy atom. The van der Waals surface area contributed by atoms with Gasteiger partial charge in [0.2, 0.25) is 0 Å². The van der Waals surface area contributed by atoms with Gasteiger partial charge in [-0.05, 0) is 29.8 Å². The molecule has 7 heteroatoms. The van der Waals surface area contributed by atoms with Crippen molar-refractivity contribution in [3.63, 3.8) is 0 Å². The van der Waals surface area contributed by atoms with E-state index in [1.165, 1.54) is 18.2 Å². The summed E-state index contributed by atoms with van der Waals surface area (Å²) < 4.78 is 34.9. The number of benzene rings is 1. The third-order valence-electron chi connectivity index (χ3n) is 2.81. The Labute approximate surface area is 117 Å². The minimum Gasteiger partial charge on any atom is -0.478 e. The smallest absolute Gasteiger partial charge is 0.337 e. The van der Waals surface area contributed by atoms with Crippen LogP contribution < -0.4 is 0 Å². The number of rotatable bonds is 4. The van der Waals surface area contributed by atoms with Crippen LogP contribution in [0, 0.1) is 0 Å². The second-order valence-corrected chi connectivity index (χ2v) is 4.09. The largest absolute Gasteiger partial charge is 0.478 e. The SMILES string of the molecule is COC(=O)c1cc(C(=O)O)cc(-c2ccoc2C(F)F)c1. The van der Waals surface area contributed by atoms with Crippen molar-refractivity contribution >= 4 is 11.9 Å². The lowest BCUT2D eigenvalue weighted by Crippen LogP contribution is -2.05. The number of esters is 1. The van der Waals surface area contributed by atoms with Gasteiger partial charge in [-0.2, -0.15) is 0 Å². The van der Waals surface area contributed by atoms with Crippen molar-refractivity contribution in [2.75, 3.05) is 7.11 Å². The zero-order valence-electron chi connectivity index (χ0n) is 10.8. The summed E-state index contributed by atoms with van der Waals surface area (Å²) in [7, 11) is 1.14. The Bertz CT molecular complexity index is 690. The van der Waals surface area contributed by atoms with Gasteiger partial charge in [0.25, 0.3) is 6.43 Å². The van der Waals surface area contributed by atoms with Crippen LogP contribution >= 0.6 is 0 Å². The number of carbonyl (C=O) groups is 2. The second kappa shape index (κ2) is 5.74. The number of methoxy groups -OCH3 is 1. The van der Waals surface area contributed by atoms with E-state index in [-0.39, 0.29) is 22.3 Å². The van der Waals surface area contributed by atoms with E-state index in [0.717, 1.165) is 19.4 Å². The normalized spacial score (nSPS) is 10.7. The van der Waals surface area contributed by atoms with Crippen molar-refractivity contribution in [1.29, 1.82) is 0 Å². The number of hydrogen-bond donors (Lipinski definition) is 1. The van der Waals surface area contributed by atoms with Crippen LogP contribution in [-0.2, 0) is 4.74 Å². The number of alkyl halides is 2. The third-order valence-corrected chi connectivity index (χ3v) is 2.81. The summed E-state index contributed by atoms with van der Waals surface area (Å²) in [4.78, 5) is 22.6. The summed E-state index contributed by atoms with van der Waals surface area (Å²) in [6.07, 6.45) is -1.78. The van der Waals surface area contributed by atoms with E-state index in [0.29, 0.717) is 0 Å². The summed E-state index contributed by atoms with van der Waals surface area (Å²) in [5.74, 6) is -2.64. The first kappa shape index (κ1) is 14.7. The van der Waals surface area contributed by atoms with Crippen molar-refractivity contribution in [2.24, 2.45) is 0 Å². The molecular formula is C14H10F2O5. The molecule has 0 radical (unpaired) electrons. The number of halogens is 2. The van der Waals surface area contributed by atoms with Crippen LogP contribution in [0.15, 0.2) is 34.9 Å². The number of aromatic carboxylic acids is 1. The minimum atomic E-state index is -2.86. The van der Waals surface area contributed by atoms with Gasteiger partial charge in [-0.1, -0.05) is 0 Å². The molecule has 0 bridgehead atoms. The molecule has 1 heterocycles. The molecule has 0 saturated carbocycles. The number of hydrogen-bond acceptors (Lipinski definition) is 4. The molecule has 21 heavy (non-hydrogen) atoms. The molecule has 1 aromatic carbocycles. The predicted octanol–water partition coefficient (Wildman–Crippen LogP) is 3.37. The Morgan fingerprint density at radius 3 is 2.48 bits per heavy atom. The van der Waals surface area contributed by atoms with E-state index in [1.807, 2.05) is 0 Å². The van der Waals surface area contributed by atoms with Crippen LogP contribution in [0.1, 0.15) is 32.9 Å². The van der Waals surface area contributed by atoms with Crippen molar-refractivity contribution < 1.29 is 32.6 Å². The van der Waals surface area contributed by atoms with Gasteiger partial charge in [0, 0.05) is 5.56 Å². The van der Waals surface area contributed by atoms with Gasteiger partial charge in [-0.25, -0.2) is 18.4 Å². The van der Waals surface area contributed by atoms with Gasteiger partial charge < -0.3 is 14.3 Å². The second-order valence-electron chi connectivity index (χ2n) is 4.09. The zero-order valence-corrected chi connectivity index (χ0v) is 10.8. The van der Waals surface area contributed by atoms with Crippen molar-refractivity contribution in [2.45, 2.75) is 6.43 Å². The van der Waals surface area contributed by atoms with Crippen LogP contribution in [0.2, 0.25) is 0 Å². The lowest BCUT2D eigenvalue weighted by Gasteiger charge is -2.07. The number of carboxylic acid groups (broad SMARTS) is 1. The molecule has 0 atom stereocenters. The van der Waals surface area contributed by atoms with Crippen LogP contribution in [0.5, 0.6) is 0 Å². The molecule has 2 aromatic rings. The highest BCUT2D eigenvalue weighted by atomic mass is 19.3. The molecule has 0 aliphatic rings. The van der Waals surface area contributed by atoms with Gasteiger partial charge in [-0.15, -0.1) is 0 Å². The topological polar surface area (TPSA) is 76.7 Å². The van der Waals surface area contributed by atoms with Crippen molar-refractivity contribution in [3.05, 3.63) is 47.4 Å². The molecular weight excluding hydrogens is 286 g/mol. The summed E-state index contributed by atoms with van der Waals surface area (Å²) >= 11 is 0. The Morgan fingerprint density at radius 1 is 1.24 bits per heavy atom. The van der Waals surface area contributed by atoms with E-state index in [2.05, 4.69) is 4.74 Å². The molecule has 0 amide bonds. The van der Waals surface area contributed by atoms with Gasteiger partial charge in [0.1, 0.15) is 0 Å². The first-order valence-electron chi connectivity index (χ1n) is 5.76. The number of carboxylic acids is 1. The first-order valence-corrected chi connectivity index (χ1v) is 5.76. The van der Waals surface area contributed by atoms with Crippen molar-refractivity contribution in [3.8, 4) is 11.1 Å². The first-order chi connectivity index (χ1) is 9.93. The van der Waals surface area contributed by atoms with Crippen LogP contribution in [0.25, 0.3) is 11.1 Å². The van der Waals surface area contributed by atoms with E-state index in [4.69, 9.17) is 9.52 Å². The summed E-state index contributed by atoms with van der Waals surface area (Å²) in [6.45, 7) is 0. The fourth-order valence-electron chi connectivity index (χ4n) is 1.87.